The van der Waals surface area contributed by atoms with Crippen LogP contribution in [0.15, 0.2) is 41.3 Å². The Bertz CT molecular complexity index is 915. The van der Waals surface area contributed by atoms with Crippen molar-refractivity contribution in [3.05, 3.63) is 52.8 Å². The average Bonchev–Trinajstić information content (AvgIpc) is 2.48. The van der Waals surface area contributed by atoms with Crippen LogP contribution >= 0.6 is 11.6 Å². The number of rotatable bonds is 2. The number of carboxylic acids is 1. The van der Waals surface area contributed by atoms with E-state index in [0.717, 1.165) is 18.2 Å². The summed E-state index contributed by atoms with van der Waals surface area (Å²) in [6.45, 7) is -0.430. The lowest BCUT2D eigenvalue weighted by atomic mass is 10.2. The van der Waals surface area contributed by atoms with Crippen LogP contribution < -0.4 is 9.04 Å². The van der Waals surface area contributed by atoms with Gasteiger partial charge in [0.25, 0.3) is 10.0 Å². The maximum absolute atomic E-state index is 14.1. The molecule has 0 bridgehead atoms. The van der Waals surface area contributed by atoms with Crippen molar-refractivity contribution >= 4 is 33.3 Å². The molecule has 23 heavy (non-hydrogen) atoms. The van der Waals surface area contributed by atoms with Gasteiger partial charge in [-0.2, -0.15) is 0 Å². The van der Waals surface area contributed by atoms with Gasteiger partial charge in [-0.15, -0.1) is 0 Å². The van der Waals surface area contributed by atoms with E-state index in [1.165, 1.54) is 18.2 Å². The molecular weight excluding hydrogens is 349 g/mol. The zero-order valence-electron chi connectivity index (χ0n) is 11.4. The van der Waals surface area contributed by atoms with Gasteiger partial charge in [-0.3, -0.25) is 0 Å². The molecule has 0 radical (unpaired) electrons. The van der Waals surface area contributed by atoms with Gasteiger partial charge in [0.1, 0.15) is 16.5 Å². The number of hydrogen-bond donors (Lipinski definition) is 1. The summed E-state index contributed by atoms with van der Waals surface area (Å²) in [6.07, 6.45) is 0. The Morgan fingerprint density at radius 1 is 1.26 bits per heavy atom. The van der Waals surface area contributed by atoms with Gasteiger partial charge in [0.15, 0.2) is 6.73 Å². The molecule has 0 atom stereocenters. The normalized spacial score (nSPS) is 15.7. The third-order valence-corrected chi connectivity index (χ3v) is 5.27. The Morgan fingerprint density at radius 3 is 2.65 bits per heavy atom. The SMILES string of the molecule is O=C(O)c1ccc(N2COc3ccc(Cl)cc3S2(=O)=O)c(F)c1. The predicted molar refractivity (Wildman–Crippen MR) is 80.0 cm³/mol. The van der Waals surface area contributed by atoms with Gasteiger partial charge in [0.05, 0.1) is 11.3 Å². The van der Waals surface area contributed by atoms with Gasteiger partial charge >= 0.3 is 5.97 Å². The monoisotopic (exact) mass is 357 g/mol. The molecule has 0 aliphatic carbocycles. The molecule has 1 aliphatic rings. The molecule has 1 heterocycles. The molecule has 0 saturated carbocycles. The minimum atomic E-state index is -4.08. The van der Waals surface area contributed by atoms with E-state index in [-0.39, 0.29) is 26.9 Å². The number of aromatic carboxylic acids is 1. The Kier molecular flexibility index (Phi) is 3.65. The van der Waals surface area contributed by atoms with E-state index in [0.29, 0.717) is 4.31 Å². The molecule has 0 amide bonds. The summed E-state index contributed by atoms with van der Waals surface area (Å²) < 4.78 is 45.4. The number of sulfonamides is 1. The second-order valence-electron chi connectivity index (χ2n) is 4.69. The van der Waals surface area contributed by atoms with E-state index in [9.17, 15) is 17.6 Å². The fourth-order valence-electron chi connectivity index (χ4n) is 2.16. The van der Waals surface area contributed by atoms with Crippen molar-refractivity contribution in [2.24, 2.45) is 0 Å². The topological polar surface area (TPSA) is 83.9 Å². The summed E-state index contributed by atoms with van der Waals surface area (Å²) in [5.74, 6) is -2.18. The number of ether oxygens (including phenoxy) is 1. The highest BCUT2D eigenvalue weighted by molar-refractivity contribution is 7.93. The molecule has 0 spiro atoms. The van der Waals surface area contributed by atoms with Gasteiger partial charge in [-0.05, 0) is 36.4 Å². The van der Waals surface area contributed by atoms with E-state index in [1.807, 2.05) is 0 Å². The molecule has 0 unspecified atom stereocenters. The van der Waals surface area contributed by atoms with Crippen LogP contribution in [0.1, 0.15) is 10.4 Å². The van der Waals surface area contributed by atoms with Gasteiger partial charge < -0.3 is 9.84 Å². The highest BCUT2D eigenvalue weighted by atomic mass is 35.5. The van der Waals surface area contributed by atoms with Crippen LogP contribution in [0.25, 0.3) is 0 Å². The molecule has 0 aromatic heterocycles. The van der Waals surface area contributed by atoms with Crippen LogP contribution in [-0.2, 0) is 10.0 Å². The summed E-state index contributed by atoms with van der Waals surface area (Å²) in [4.78, 5) is 10.6. The lowest BCUT2D eigenvalue weighted by molar-refractivity contribution is 0.0696. The molecule has 1 aliphatic heterocycles. The summed E-state index contributed by atoms with van der Waals surface area (Å²) in [7, 11) is -4.08. The molecule has 6 nitrogen and oxygen atoms in total. The highest BCUT2D eigenvalue weighted by Crippen LogP contribution is 2.36. The van der Waals surface area contributed by atoms with Crippen LogP contribution in [0.3, 0.4) is 0 Å². The van der Waals surface area contributed by atoms with E-state index in [1.54, 1.807) is 0 Å². The van der Waals surface area contributed by atoms with Crippen molar-refractivity contribution in [2.75, 3.05) is 11.0 Å². The van der Waals surface area contributed by atoms with Gasteiger partial charge in [0, 0.05) is 5.02 Å². The second-order valence-corrected chi connectivity index (χ2v) is 6.96. The smallest absolute Gasteiger partial charge is 0.335 e. The third kappa shape index (κ3) is 2.60. The quantitative estimate of drug-likeness (QED) is 0.893. The number of nitrogens with zero attached hydrogens (tertiary/aromatic N) is 1. The number of carboxylic acid groups (broad SMARTS) is 1. The number of hydrogen-bond acceptors (Lipinski definition) is 4. The Hall–Kier alpha value is -2.32. The summed E-state index contributed by atoms with van der Waals surface area (Å²) in [5.41, 5.74) is -0.592. The van der Waals surface area contributed by atoms with Gasteiger partial charge in [0.2, 0.25) is 0 Å². The lowest BCUT2D eigenvalue weighted by Crippen LogP contribution is -2.39. The van der Waals surface area contributed by atoms with E-state index in [2.05, 4.69) is 0 Å². The number of fused-ring (bicyclic) bond motifs is 1. The molecule has 2 aromatic rings. The largest absolute Gasteiger partial charge is 0.478 e. The van der Waals surface area contributed by atoms with Crippen LogP contribution in [0, 0.1) is 5.82 Å². The predicted octanol–water partition coefficient (Wildman–Crippen LogP) is 2.72. The maximum Gasteiger partial charge on any atom is 0.335 e. The first-order valence-corrected chi connectivity index (χ1v) is 8.10. The lowest BCUT2D eigenvalue weighted by Gasteiger charge is -2.30. The summed E-state index contributed by atoms with van der Waals surface area (Å²) >= 11 is 5.81. The third-order valence-electron chi connectivity index (χ3n) is 3.27. The standard InChI is InChI=1S/C14H9ClFNO5S/c15-9-2-4-12-13(6-9)23(20,21)17(7-22-12)11-3-1-8(14(18)19)5-10(11)16/h1-6H,7H2,(H,18,19). The molecule has 1 N–H and O–H groups in total. The fourth-order valence-corrected chi connectivity index (χ4v) is 3.89. The molecule has 120 valence electrons. The first kappa shape index (κ1) is 15.6. The minimum absolute atomic E-state index is 0.119. The van der Waals surface area contributed by atoms with Crippen LogP contribution in [0.5, 0.6) is 5.75 Å². The number of anilines is 1. The molecular formula is C14H9ClFNO5S. The maximum atomic E-state index is 14.1. The number of carbonyl (C=O) groups is 1. The molecule has 3 rings (SSSR count). The van der Waals surface area contributed by atoms with Gasteiger partial charge in [-0.1, -0.05) is 11.6 Å². The molecule has 0 fully saturated rings. The summed E-state index contributed by atoms with van der Waals surface area (Å²) in [6, 6.07) is 7.05. The van der Waals surface area contributed by atoms with Crippen LogP contribution in [-0.4, -0.2) is 26.2 Å². The van der Waals surface area contributed by atoms with E-state index < -0.39 is 28.5 Å². The van der Waals surface area contributed by atoms with Crippen molar-refractivity contribution in [2.45, 2.75) is 4.90 Å². The van der Waals surface area contributed by atoms with E-state index in [4.69, 9.17) is 21.4 Å². The van der Waals surface area contributed by atoms with E-state index >= 15 is 0 Å². The Labute approximate surface area is 135 Å². The Balaban J connectivity index is 2.10. The molecule has 0 saturated heterocycles. The number of halogens is 2. The van der Waals surface area contributed by atoms with Crippen molar-refractivity contribution < 1.29 is 27.4 Å². The van der Waals surface area contributed by atoms with Crippen LogP contribution in [0.2, 0.25) is 5.02 Å². The average molecular weight is 358 g/mol. The highest BCUT2D eigenvalue weighted by Gasteiger charge is 2.35. The molecule has 9 heteroatoms. The first-order valence-electron chi connectivity index (χ1n) is 6.28. The number of benzene rings is 2. The second kappa shape index (κ2) is 5.39. The fraction of sp³-hybridized carbons (Fsp3) is 0.0714. The van der Waals surface area contributed by atoms with Crippen LogP contribution in [0.4, 0.5) is 10.1 Å². The van der Waals surface area contributed by atoms with Crippen molar-refractivity contribution in [3.8, 4) is 5.75 Å². The molecule has 2 aromatic carbocycles. The minimum Gasteiger partial charge on any atom is -0.478 e. The Morgan fingerprint density at radius 2 is 2.00 bits per heavy atom. The van der Waals surface area contributed by atoms with Crippen molar-refractivity contribution in [1.29, 1.82) is 0 Å². The van der Waals surface area contributed by atoms with Crippen molar-refractivity contribution in [3.63, 3.8) is 0 Å². The zero-order chi connectivity index (χ0) is 16.8. The van der Waals surface area contributed by atoms with Gasteiger partial charge in [-0.25, -0.2) is 21.9 Å². The summed E-state index contributed by atoms with van der Waals surface area (Å²) in [5, 5.41) is 9.03. The first-order chi connectivity index (χ1) is 10.8. The van der Waals surface area contributed by atoms with Crippen molar-refractivity contribution in [1.82, 2.24) is 0 Å². The zero-order valence-corrected chi connectivity index (χ0v) is 12.9.